The summed E-state index contributed by atoms with van der Waals surface area (Å²) in [5, 5.41) is 5.98. The van der Waals surface area contributed by atoms with E-state index < -0.39 is 0 Å². The van der Waals surface area contributed by atoms with Crippen LogP contribution in [0.5, 0.6) is 0 Å². The minimum Gasteiger partial charge on any atom is -0.356 e. The van der Waals surface area contributed by atoms with Gasteiger partial charge in [0, 0.05) is 24.6 Å². The van der Waals surface area contributed by atoms with E-state index in [1.165, 1.54) is 30.4 Å². The Balaban J connectivity index is 1.49. The van der Waals surface area contributed by atoms with Crippen molar-refractivity contribution in [3.8, 4) is 0 Å². The van der Waals surface area contributed by atoms with E-state index in [0.717, 1.165) is 31.4 Å². The minimum atomic E-state index is 0.0972. The van der Waals surface area contributed by atoms with Crippen LogP contribution < -0.4 is 10.6 Å². The number of benzene rings is 1. The van der Waals surface area contributed by atoms with Crippen LogP contribution in [0.25, 0.3) is 0 Å². The molecule has 1 aromatic carbocycles. The minimum absolute atomic E-state index is 0.0972. The molecule has 118 valence electrons. The predicted molar refractivity (Wildman–Crippen MR) is 86.7 cm³/mol. The molecule has 4 nitrogen and oxygen atoms in total. The number of carbonyl (C=O) groups is 2. The van der Waals surface area contributed by atoms with E-state index in [-0.39, 0.29) is 17.7 Å². The topological polar surface area (TPSA) is 58.2 Å². The highest BCUT2D eigenvalue weighted by Gasteiger charge is 2.20. The van der Waals surface area contributed by atoms with Gasteiger partial charge in [0.15, 0.2) is 0 Å². The molecule has 1 saturated carbocycles. The lowest BCUT2D eigenvalue weighted by molar-refractivity contribution is -0.125. The van der Waals surface area contributed by atoms with Crippen molar-refractivity contribution in [1.82, 2.24) is 5.32 Å². The second-order valence-electron chi connectivity index (χ2n) is 6.42. The van der Waals surface area contributed by atoms with Gasteiger partial charge in [-0.3, -0.25) is 9.59 Å². The van der Waals surface area contributed by atoms with Crippen LogP contribution in [-0.4, -0.2) is 18.4 Å². The number of aryl methyl sites for hydroxylation is 1. The van der Waals surface area contributed by atoms with Gasteiger partial charge < -0.3 is 10.6 Å². The number of hydrogen-bond donors (Lipinski definition) is 2. The van der Waals surface area contributed by atoms with Crippen molar-refractivity contribution in [2.24, 2.45) is 5.92 Å². The molecule has 0 spiro atoms. The zero-order chi connectivity index (χ0) is 15.4. The van der Waals surface area contributed by atoms with Crippen molar-refractivity contribution in [3.05, 3.63) is 29.3 Å². The summed E-state index contributed by atoms with van der Waals surface area (Å²) in [4.78, 5) is 23.4. The van der Waals surface area contributed by atoms with Gasteiger partial charge in [0.05, 0.1) is 0 Å². The van der Waals surface area contributed by atoms with E-state index in [0.29, 0.717) is 13.0 Å². The van der Waals surface area contributed by atoms with Gasteiger partial charge in [-0.1, -0.05) is 31.4 Å². The summed E-state index contributed by atoms with van der Waals surface area (Å²) < 4.78 is 0. The fourth-order valence-corrected chi connectivity index (χ4v) is 3.43. The predicted octanol–water partition coefficient (Wildman–Crippen LogP) is 2.81. The Morgan fingerprint density at radius 1 is 1.18 bits per heavy atom. The Labute approximate surface area is 131 Å². The standard InChI is InChI=1S/C18H24N2O2/c21-17-9-7-15-12-13(6-8-16(15)20-17)10-11-19-18(22)14-4-2-1-3-5-14/h6,8,12,14H,1-5,7,9-11H2,(H,19,22)(H,20,21). The van der Waals surface area contributed by atoms with Crippen LogP contribution in [0.3, 0.4) is 0 Å². The summed E-state index contributed by atoms with van der Waals surface area (Å²) >= 11 is 0. The Bertz CT molecular complexity index is 562. The van der Waals surface area contributed by atoms with Crippen LogP contribution in [0.1, 0.15) is 49.7 Å². The Morgan fingerprint density at radius 2 is 2.00 bits per heavy atom. The van der Waals surface area contributed by atoms with E-state index in [1.807, 2.05) is 12.1 Å². The average Bonchev–Trinajstić information content (AvgIpc) is 2.55. The van der Waals surface area contributed by atoms with Crippen LogP contribution in [0.4, 0.5) is 5.69 Å². The van der Waals surface area contributed by atoms with Gasteiger partial charge in [-0.25, -0.2) is 0 Å². The first-order chi connectivity index (χ1) is 10.7. The van der Waals surface area contributed by atoms with Crippen molar-refractivity contribution < 1.29 is 9.59 Å². The number of amides is 2. The maximum absolute atomic E-state index is 12.1. The van der Waals surface area contributed by atoms with E-state index in [1.54, 1.807) is 0 Å². The Morgan fingerprint density at radius 3 is 2.82 bits per heavy atom. The maximum Gasteiger partial charge on any atom is 0.224 e. The summed E-state index contributed by atoms with van der Waals surface area (Å²) in [5.41, 5.74) is 3.36. The number of rotatable bonds is 4. The summed E-state index contributed by atoms with van der Waals surface area (Å²) in [6.45, 7) is 0.695. The molecular formula is C18H24N2O2. The van der Waals surface area contributed by atoms with Crippen LogP contribution >= 0.6 is 0 Å². The number of carbonyl (C=O) groups excluding carboxylic acids is 2. The fourth-order valence-electron chi connectivity index (χ4n) is 3.43. The largest absolute Gasteiger partial charge is 0.356 e. The van der Waals surface area contributed by atoms with Crippen molar-refractivity contribution in [2.75, 3.05) is 11.9 Å². The van der Waals surface area contributed by atoms with Gasteiger partial charge in [0.1, 0.15) is 0 Å². The van der Waals surface area contributed by atoms with E-state index in [4.69, 9.17) is 0 Å². The maximum atomic E-state index is 12.1. The van der Waals surface area contributed by atoms with Gasteiger partial charge in [0.25, 0.3) is 0 Å². The van der Waals surface area contributed by atoms with E-state index in [2.05, 4.69) is 16.7 Å². The van der Waals surface area contributed by atoms with Gasteiger partial charge in [-0.15, -0.1) is 0 Å². The molecule has 2 N–H and O–H groups in total. The normalized spacial score (nSPS) is 18.5. The lowest BCUT2D eigenvalue weighted by Crippen LogP contribution is -2.33. The molecule has 0 saturated heterocycles. The molecule has 0 bridgehead atoms. The monoisotopic (exact) mass is 300 g/mol. The molecule has 1 aromatic rings. The number of anilines is 1. The lowest BCUT2D eigenvalue weighted by atomic mass is 9.88. The molecule has 3 rings (SSSR count). The zero-order valence-electron chi connectivity index (χ0n) is 13.0. The quantitative estimate of drug-likeness (QED) is 0.898. The molecule has 1 aliphatic heterocycles. The molecule has 0 aromatic heterocycles. The van der Waals surface area contributed by atoms with Crippen molar-refractivity contribution in [1.29, 1.82) is 0 Å². The lowest BCUT2D eigenvalue weighted by Gasteiger charge is -2.21. The van der Waals surface area contributed by atoms with Crippen LogP contribution in [0, 0.1) is 5.92 Å². The molecule has 0 radical (unpaired) electrons. The molecule has 1 aliphatic carbocycles. The summed E-state index contributed by atoms with van der Waals surface area (Å²) in [5.74, 6) is 0.553. The highest BCUT2D eigenvalue weighted by atomic mass is 16.2. The van der Waals surface area contributed by atoms with Crippen molar-refractivity contribution in [2.45, 2.75) is 51.4 Å². The molecule has 2 amide bonds. The fraction of sp³-hybridized carbons (Fsp3) is 0.556. The summed E-state index contributed by atoms with van der Waals surface area (Å²) in [6, 6.07) is 6.17. The third kappa shape index (κ3) is 3.67. The smallest absolute Gasteiger partial charge is 0.224 e. The first-order valence-electron chi connectivity index (χ1n) is 8.42. The first-order valence-corrected chi connectivity index (χ1v) is 8.42. The Kier molecular flexibility index (Phi) is 4.76. The highest BCUT2D eigenvalue weighted by Crippen LogP contribution is 2.24. The second kappa shape index (κ2) is 6.95. The van der Waals surface area contributed by atoms with E-state index >= 15 is 0 Å². The molecule has 0 atom stereocenters. The van der Waals surface area contributed by atoms with Crippen LogP contribution in [0.2, 0.25) is 0 Å². The number of nitrogens with one attached hydrogen (secondary N) is 2. The zero-order valence-corrected chi connectivity index (χ0v) is 13.0. The number of fused-ring (bicyclic) bond motifs is 1. The van der Waals surface area contributed by atoms with Gasteiger partial charge in [-0.05, 0) is 42.9 Å². The molecule has 4 heteroatoms. The molecule has 2 aliphatic rings. The molecule has 1 fully saturated rings. The molecule has 22 heavy (non-hydrogen) atoms. The van der Waals surface area contributed by atoms with Gasteiger partial charge >= 0.3 is 0 Å². The third-order valence-electron chi connectivity index (χ3n) is 4.75. The van der Waals surface area contributed by atoms with E-state index in [9.17, 15) is 9.59 Å². The summed E-state index contributed by atoms with van der Waals surface area (Å²) in [7, 11) is 0. The van der Waals surface area contributed by atoms with Gasteiger partial charge in [-0.2, -0.15) is 0 Å². The van der Waals surface area contributed by atoms with Gasteiger partial charge in [0.2, 0.25) is 11.8 Å². The second-order valence-corrected chi connectivity index (χ2v) is 6.42. The third-order valence-corrected chi connectivity index (χ3v) is 4.75. The van der Waals surface area contributed by atoms with Crippen molar-refractivity contribution in [3.63, 3.8) is 0 Å². The van der Waals surface area contributed by atoms with Crippen LogP contribution in [-0.2, 0) is 22.4 Å². The Hall–Kier alpha value is -1.84. The summed E-state index contributed by atoms with van der Waals surface area (Å²) in [6.07, 6.45) is 7.96. The SMILES string of the molecule is O=C1CCc2cc(CCNC(=O)C3CCCCC3)ccc2N1. The molecule has 0 unspecified atom stereocenters. The van der Waals surface area contributed by atoms with Crippen molar-refractivity contribution >= 4 is 17.5 Å². The van der Waals surface area contributed by atoms with Crippen LogP contribution in [0.15, 0.2) is 18.2 Å². The number of hydrogen-bond acceptors (Lipinski definition) is 2. The first kappa shape index (κ1) is 15.1. The average molecular weight is 300 g/mol. The highest BCUT2D eigenvalue weighted by molar-refractivity contribution is 5.93. The molecule has 1 heterocycles. The molecular weight excluding hydrogens is 276 g/mol.